The van der Waals surface area contributed by atoms with Crippen molar-refractivity contribution in [2.75, 3.05) is 6.54 Å². The van der Waals surface area contributed by atoms with Crippen LogP contribution in [0.1, 0.15) is 49.7 Å². The second kappa shape index (κ2) is 6.51. The lowest BCUT2D eigenvalue weighted by Crippen LogP contribution is -2.39. The van der Waals surface area contributed by atoms with Crippen molar-refractivity contribution in [2.24, 2.45) is 0 Å². The summed E-state index contributed by atoms with van der Waals surface area (Å²) < 4.78 is 1.24. The van der Waals surface area contributed by atoms with E-state index in [9.17, 15) is 19.5 Å². The molecule has 0 aliphatic carbocycles. The molecule has 0 saturated heterocycles. The highest BCUT2D eigenvalue weighted by molar-refractivity contribution is 5.80. The van der Waals surface area contributed by atoms with Crippen molar-refractivity contribution in [3.8, 4) is 0 Å². The molecule has 7 heteroatoms. The maximum absolute atomic E-state index is 12.1. The summed E-state index contributed by atoms with van der Waals surface area (Å²) >= 11 is 0. The van der Waals surface area contributed by atoms with E-state index in [-0.39, 0.29) is 5.91 Å². The number of hydrogen-bond donors (Lipinski definition) is 2. The Morgan fingerprint density at radius 1 is 1.33 bits per heavy atom. The minimum absolute atomic E-state index is 0.303. The molecular formula is C14H21N3O4. The van der Waals surface area contributed by atoms with Crippen LogP contribution >= 0.6 is 0 Å². The van der Waals surface area contributed by atoms with E-state index in [2.05, 4.69) is 10.3 Å². The first-order valence-electron chi connectivity index (χ1n) is 6.82. The van der Waals surface area contributed by atoms with Crippen LogP contribution in [0.25, 0.3) is 0 Å². The highest BCUT2D eigenvalue weighted by Gasteiger charge is 2.25. The lowest BCUT2D eigenvalue weighted by Gasteiger charge is -2.21. The van der Waals surface area contributed by atoms with Gasteiger partial charge in [-0.1, -0.05) is 0 Å². The van der Waals surface area contributed by atoms with Gasteiger partial charge in [-0.15, -0.1) is 0 Å². The van der Waals surface area contributed by atoms with Gasteiger partial charge in [-0.05, 0) is 34.6 Å². The molecule has 21 heavy (non-hydrogen) atoms. The van der Waals surface area contributed by atoms with E-state index in [4.69, 9.17) is 0 Å². The second-order valence-corrected chi connectivity index (χ2v) is 4.98. The number of aryl methyl sites for hydroxylation is 1. The predicted octanol–water partition coefficient (Wildman–Crippen LogP) is 0.745. The number of aliphatic carboxylic acids is 1. The molecule has 116 valence electrons. The number of rotatable bonds is 5. The van der Waals surface area contributed by atoms with Gasteiger partial charge < -0.3 is 10.4 Å². The zero-order valence-corrected chi connectivity index (χ0v) is 12.9. The van der Waals surface area contributed by atoms with Crippen molar-refractivity contribution in [3.05, 3.63) is 27.4 Å². The molecule has 0 bridgehead atoms. The summed E-state index contributed by atoms with van der Waals surface area (Å²) in [5.74, 6) is -2.10. The molecule has 1 aromatic rings. The average Bonchev–Trinajstić information content (AvgIpc) is 2.37. The van der Waals surface area contributed by atoms with Crippen LogP contribution in [-0.2, 0) is 9.59 Å². The fourth-order valence-corrected chi connectivity index (χ4v) is 2.44. The summed E-state index contributed by atoms with van der Waals surface area (Å²) in [4.78, 5) is 39.1. The van der Waals surface area contributed by atoms with Gasteiger partial charge in [-0.25, -0.2) is 4.79 Å². The Morgan fingerprint density at radius 2 is 1.90 bits per heavy atom. The number of nitrogens with zero attached hydrogens (tertiary/aromatic N) is 2. The van der Waals surface area contributed by atoms with Crippen LogP contribution in [0.5, 0.6) is 0 Å². The normalized spacial score (nSPS) is 13.6. The molecule has 0 aliphatic rings. The molecule has 0 fully saturated rings. The summed E-state index contributed by atoms with van der Waals surface area (Å²) in [6, 6.07) is -0.745. The molecule has 0 radical (unpaired) electrons. The van der Waals surface area contributed by atoms with Crippen LogP contribution in [0, 0.1) is 13.8 Å². The Kier molecular flexibility index (Phi) is 5.23. The number of likely N-dealkylation sites (N-methyl/N-ethyl adjacent to an activating group) is 1. The van der Waals surface area contributed by atoms with Crippen molar-refractivity contribution in [2.45, 2.75) is 46.6 Å². The number of carbonyl (C=O) groups is 2. The number of aromatic nitrogens is 2. The Hall–Kier alpha value is -2.18. The Balaban J connectivity index is 3.47. The fourth-order valence-electron chi connectivity index (χ4n) is 2.44. The van der Waals surface area contributed by atoms with Gasteiger partial charge in [0.1, 0.15) is 6.04 Å². The number of carboxylic acid groups (broad SMARTS) is 1. The van der Waals surface area contributed by atoms with E-state index >= 15 is 0 Å². The van der Waals surface area contributed by atoms with Crippen LogP contribution in [0.15, 0.2) is 4.79 Å². The Bertz CT molecular complexity index is 621. The largest absolute Gasteiger partial charge is 0.481 e. The molecule has 7 nitrogen and oxygen atoms in total. The molecule has 1 heterocycles. The molecule has 1 aromatic heterocycles. The van der Waals surface area contributed by atoms with E-state index in [1.165, 1.54) is 11.5 Å². The van der Waals surface area contributed by atoms with Crippen molar-refractivity contribution in [3.63, 3.8) is 0 Å². The molecule has 0 spiro atoms. The number of nitrogens with one attached hydrogen (secondary N) is 1. The Morgan fingerprint density at radius 3 is 2.38 bits per heavy atom. The van der Waals surface area contributed by atoms with Gasteiger partial charge in [0.15, 0.2) is 0 Å². The summed E-state index contributed by atoms with van der Waals surface area (Å²) in [7, 11) is 0. The molecule has 0 aliphatic heterocycles. The minimum atomic E-state index is -1.00. The van der Waals surface area contributed by atoms with Gasteiger partial charge in [-0.2, -0.15) is 4.98 Å². The fraction of sp³-hybridized carbons (Fsp3) is 0.571. The van der Waals surface area contributed by atoms with Gasteiger partial charge >= 0.3 is 11.7 Å². The maximum Gasteiger partial charge on any atom is 0.348 e. The lowest BCUT2D eigenvalue weighted by atomic mass is 9.98. The summed E-state index contributed by atoms with van der Waals surface area (Å²) in [5, 5.41) is 11.8. The monoisotopic (exact) mass is 295 g/mol. The van der Waals surface area contributed by atoms with E-state index in [1.54, 1.807) is 27.7 Å². The van der Waals surface area contributed by atoms with Crippen LogP contribution in [0.3, 0.4) is 0 Å². The second-order valence-electron chi connectivity index (χ2n) is 4.98. The van der Waals surface area contributed by atoms with Crippen LogP contribution in [0.2, 0.25) is 0 Å². The molecular weight excluding hydrogens is 274 g/mol. The van der Waals surface area contributed by atoms with E-state index in [0.29, 0.717) is 23.5 Å². The first-order chi connectivity index (χ1) is 9.72. The molecule has 0 aromatic carbocycles. The SMILES string of the molecule is CCNC(=O)C(C)n1c(C)c(C(C)C(=O)O)c(C)nc1=O. The lowest BCUT2D eigenvalue weighted by molar-refractivity contribution is -0.138. The molecule has 2 unspecified atom stereocenters. The van der Waals surface area contributed by atoms with Crippen LogP contribution in [-0.4, -0.2) is 33.1 Å². The van der Waals surface area contributed by atoms with E-state index in [1.807, 2.05) is 0 Å². The third kappa shape index (κ3) is 3.29. The topological polar surface area (TPSA) is 101 Å². The third-order valence-corrected chi connectivity index (χ3v) is 3.53. The molecule has 2 atom stereocenters. The van der Waals surface area contributed by atoms with Crippen molar-refractivity contribution < 1.29 is 14.7 Å². The molecule has 1 rings (SSSR count). The number of carbonyl (C=O) groups excluding carboxylic acids is 1. The molecule has 2 N–H and O–H groups in total. The van der Waals surface area contributed by atoms with Gasteiger partial charge in [0, 0.05) is 23.5 Å². The smallest absolute Gasteiger partial charge is 0.348 e. The Labute approximate surface area is 123 Å². The van der Waals surface area contributed by atoms with Gasteiger partial charge in [0.2, 0.25) is 5.91 Å². The van der Waals surface area contributed by atoms with Crippen molar-refractivity contribution in [1.82, 2.24) is 14.9 Å². The van der Waals surface area contributed by atoms with Crippen LogP contribution < -0.4 is 11.0 Å². The van der Waals surface area contributed by atoms with Gasteiger partial charge in [-0.3, -0.25) is 14.2 Å². The maximum atomic E-state index is 12.1. The quantitative estimate of drug-likeness (QED) is 0.834. The predicted molar refractivity (Wildman–Crippen MR) is 77.4 cm³/mol. The highest BCUT2D eigenvalue weighted by Crippen LogP contribution is 2.22. The number of hydrogen-bond acceptors (Lipinski definition) is 4. The van der Waals surface area contributed by atoms with Crippen LogP contribution in [0.4, 0.5) is 0 Å². The highest BCUT2D eigenvalue weighted by atomic mass is 16.4. The number of carboxylic acids is 1. The molecule has 0 saturated carbocycles. The zero-order chi connectivity index (χ0) is 16.3. The van der Waals surface area contributed by atoms with Gasteiger partial charge in [0.25, 0.3) is 0 Å². The van der Waals surface area contributed by atoms with Crippen molar-refractivity contribution in [1.29, 1.82) is 0 Å². The van der Waals surface area contributed by atoms with E-state index in [0.717, 1.165) is 0 Å². The zero-order valence-electron chi connectivity index (χ0n) is 12.9. The summed E-state index contributed by atoms with van der Waals surface area (Å²) in [6.07, 6.45) is 0. The summed E-state index contributed by atoms with van der Waals surface area (Å²) in [5.41, 5.74) is 0.760. The van der Waals surface area contributed by atoms with E-state index < -0.39 is 23.6 Å². The van der Waals surface area contributed by atoms with Gasteiger partial charge in [0.05, 0.1) is 5.92 Å². The first kappa shape index (κ1) is 16.9. The molecule has 1 amide bonds. The minimum Gasteiger partial charge on any atom is -0.481 e. The number of amides is 1. The third-order valence-electron chi connectivity index (χ3n) is 3.53. The standard InChI is InChI=1S/C14H21N3O4/c1-6-15-12(18)10(5)17-9(4)11(7(2)13(19)20)8(3)16-14(17)21/h7,10H,6H2,1-5H3,(H,15,18)(H,19,20). The van der Waals surface area contributed by atoms with Crippen molar-refractivity contribution >= 4 is 11.9 Å². The average molecular weight is 295 g/mol. The first-order valence-corrected chi connectivity index (χ1v) is 6.82. The summed E-state index contributed by atoms with van der Waals surface area (Å²) in [6.45, 7) is 8.60.